The van der Waals surface area contributed by atoms with E-state index in [0.29, 0.717) is 45.2 Å². The molecule has 0 aliphatic rings. The van der Waals surface area contributed by atoms with Crippen molar-refractivity contribution < 1.29 is 24.3 Å². The van der Waals surface area contributed by atoms with E-state index in [1.54, 1.807) is 6.92 Å². The molecular formula is C32H63N5O5. The zero-order valence-corrected chi connectivity index (χ0v) is 26.7. The van der Waals surface area contributed by atoms with Gasteiger partial charge in [0, 0.05) is 6.42 Å². The Bertz CT molecular complexity index is 721. The molecule has 3 atom stereocenters. The number of carbonyl (C=O) groups is 4. The van der Waals surface area contributed by atoms with Crippen molar-refractivity contribution in [1.29, 1.82) is 0 Å². The minimum absolute atomic E-state index is 0.172. The maximum Gasteiger partial charge on any atom is 0.326 e. The van der Waals surface area contributed by atoms with E-state index in [-0.39, 0.29) is 18.7 Å². The number of hydrogen-bond donors (Lipinski definition) is 6. The Labute approximate surface area is 255 Å². The summed E-state index contributed by atoms with van der Waals surface area (Å²) in [4.78, 5) is 50.1. The van der Waals surface area contributed by atoms with E-state index in [2.05, 4.69) is 22.9 Å². The Balaban J connectivity index is 4.56. The number of nitrogens with one attached hydrogen (secondary N) is 3. The molecule has 0 saturated heterocycles. The molecule has 0 fully saturated rings. The van der Waals surface area contributed by atoms with Gasteiger partial charge in [-0.1, -0.05) is 90.9 Å². The SMILES string of the molecule is CCCCCCCCCCCCCCCC(=O)N[C@@H](CCCCN)C(=O)N[C@@H](CC)C(=O)N[C@@H](CCCCN)C(=O)O. The lowest BCUT2D eigenvalue weighted by atomic mass is 10.0. The zero-order chi connectivity index (χ0) is 31.4. The van der Waals surface area contributed by atoms with Gasteiger partial charge >= 0.3 is 5.97 Å². The molecule has 0 bridgehead atoms. The second-order valence-electron chi connectivity index (χ2n) is 11.6. The molecule has 8 N–H and O–H groups in total. The summed E-state index contributed by atoms with van der Waals surface area (Å²) < 4.78 is 0. The molecule has 10 nitrogen and oxygen atoms in total. The summed E-state index contributed by atoms with van der Waals surface area (Å²) in [6.45, 7) is 4.92. The van der Waals surface area contributed by atoms with Crippen LogP contribution in [0.5, 0.6) is 0 Å². The quantitative estimate of drug-likeness (QED) is 0.0678. The largest absolute Gasteiger partial charge is 0.480 e. The van der Waals surface area contributed by atoms with Crippen LogP contribution in [0.1, 0.15) is 149 Å². The van der Waals surface area contributed by atoms with Gasteiger partial charge in [-0.05, 0) is 64.5 Å². The number of nitrogens with two attached hydrogens (primary N) is 2. The van der Waals surface area contributed by atoms with Crippen molar-refractivity contribution in [2.45, 2.75) is 167 Å². The molecule has 0 saturated carbocycles. The highest BCUT2D eigenvalue weighted by molar-refractivity contribution is 5.93. The van der Waals surface area contributed by atoms with E-state index in [0.717, 1.165) is 25.7 Å². The lowest BCUT2D eigenvalue weighted by Crippen LogP contribution is -2.55. The number of amides is 3. The van der Waals surface area contributed by atoms with Crippen LogP contribution in [-0.2, 0) is 19.2 Å². The van der Waals surface area contributed by atoms with Gasteiger partial charge in [0.05, 0.1) is 0 Å². The number of hydrogen-bond acceptors (Lipinski definition) is 6. The van der Waals surface area contributed by atoms with Crippen LogP contribution in [0.3, 0.4) is 0 Å². The smallest absolute Gasteiger partial charge is 0.326 e. The van der Waals surface area contributed by atoms with Crippen molar-refractivity contribution in [3.8, 4) is 0 Å². The Morgan fingerprint density at radius 3 is 1.43 bits per heavy atom. The lowest BCUT2D eigenvalue weighted by molar-refractivity contribution is -0.142. The summed E-state index contributed by atoms with van der Waals surface area (Å²) >= 11 is 0. The molecule has 0 unspecified atom stereocenters. The maximum absolute atomic E-state index is 13.1. The van der Waals surface area contributed by atoms with Crippen LogP contribution in [0, 0.1) is 0 Å². The third-order valence-electron chi connectivity index (χ3n) is 7.71. The van der Waals surface area contributed by atoms with E-state index >= 15 is 0 Å². The first-order chi connectivity index (χ1) is 20.3. The van der Waals surface area contributed by atoms with Crippen LogP contribution in [0.25, 0.3) is 0 Å². The number of carboxylic acid groups (broad SMARTS) is 1. The minimum atomic E-state index is -1.12. The van der Waals surface area contributed by atoms with E-state index < -0.39 is 35.9 Å². The van der Waals surface area contributed by atoms with Crippen molar-refractivity contribution in [2.75, 3.05) is 13.1 Å². The predicted molar refractivity (Wildman–Crippen MR) is 170 cm³/mol. The van der Waals surface area contributed by atoms with Crippen LogP contribution >= 0.6 is 0 Å². The molecule has 0 aromatic heterocycles. The van der Waals surface area contributed by atoms with Gasteiger partial charge < -0.3 is 32.5 Å². The summed E-state index contributed by atoms with van der Waals surface area (Å²) in [7, 11) is 0. The number of carboxylic acids is 1. The molecule has 3 amide bonds. The average Bonchev–Trinajstić information content (AvgIpc) is 2.97. The third-order valence-corrected chi connectivity index (χ3v) is 7.71. The van der Waals surface area contributed by atoms with Gasteiger partial charge in [-0.25, -0.2) is 4.79 Å². The van der Waals surface area contributed by atoms with Gasteiger partial charge in [0.15, 0.2) is 0 Å². The average molecular weight is 598 g/mol. The van der Waals surface area contributed by atoms with Gasteiger partial charge in [0.1, 0.15) is 18.1 Å². The summed E-state index contributed by atoms with van der Waals surface area (Å²) in [5, 5.41) is 17.6. The van der Waals surface area contributed by atoms with Crippen molar-refractivity contribution in [2.24, 2.45) is 11.5 Å². The summed E-state index contributed by atoms with van der Waals surface area (Å²) in [6, 6.07) is -2.72. The van der Waals surface area contributed by atoms with Crippen molar-refractivity contribution in [3.63, 3.8) is 0 Å². The van der Waals surface area contributed by atoms with E-state index in [1.165, 1.54) is 64.2 Å². The highest BCUT2D eigenvalue weighted by Gasteiger charge is 2.28. The van der Waals surface area contributed by atoms with Gasteiger partial charge in [-0.15, -0.1) is 0 Å². The number of aliphatic carboxylic acids is 1. The summed E-state index contributed by atoms with van der Waals surface area (Å²) in [6.07, 6.45) is 19.9. The highest BCUT2D eigenvalue weighted by atomic mass is 16.4. The standard InChI is InChI=1S/C32H63N5O5/c1-3-5-6-7-8-9-10-11-12-13-14-15-16-23-29(38)35-27(21-17-19-24-33)31(40)36-26(4-2)30(39)37-28(32(41)42)22-18-20-25-34/h26-28H,3-25,33-34H2,1-2H3,(H,35,38)(H,36,40)(H,37,39)(H,41,42)/t26-,27-,28-/m0/s1. The molecule has 0 aromatic rings. The molecule has 10 heteroatoms. The number of rotatable bonds is 29. The molecule has 246 valence electrons. The summed E-state index contributed by atoms with van der Waals surface area (Å²) in [5.74, 6) is -2.29. The Morgan fingerprint density at radius 1 is 0.548 bits per heavy atom. The molecular weight excluding hydrogens is 534 g/mol. The van der Waals surface area contributed by atoms with Gasteiger partial charge in [0.2, 0.25) is 17.7 Å². The fourth-order valence-electron chi connectivity index (χ4n) is 4.98. The van der Waals surface area contributed by atoms with Crippen molar-refractivity contribution in [3.05, 3.63) is 0 Å². The van der Waals surface area contributed by atoms with Gasteiger partial charge in [0.25, 0.3) is 0 Å². The number of unbranched alkanes of at least 4 members (excludes halogenated alkanes) is 14. The van der Waals surface area contributed by atoms with Crippen LogP contribution in [0.4, 0.5) is 0 Å². The monoisotopic (exact) mass is 597 g/mol. The minimum Gasteiger partial charge on any atom is -0.480 e. The Kier molecular flexibility index (Phi) is 26.2. The molecule has 0 radical (unpaired) electrons. The second-order valence-corrected chi connectivity index (χ2v) is 11.6. The number of carbonyl (C=O) groups excluding carboxylic acids is 3. The molecule has 0 rings (SSSR count). The molecule has 0 spiro atoms. The first-order valence-corrected chi connectivity index (χ1v) is 16.8. The van der Waals surface area contributed by atoms with Crippen LogP contribution in [0.2, 0.25) is 0 Å². The fourth-order valence-corrected chi connectivity index (χ4v) is 4.98. The topological polar surface area (TPSA) is 177 Å². The third kappa shape index (κ3) is 21.5. The molecule has 42 heavy (non-hydrogen) atoms. The predicted octanol–water partition coefficient (Wildman–Crippen LogP) is 4.67. The maximum atomic E-state index is 13.1. The summed E-state index contributed by atoms with van der Waals surface area (Å²) in [5.41, 5.74) is 11.1. The van der Waals surface area contributed by atoms with Crippen LogP contribution in [-0.4, -0.2) is 60.0 Å². The zero-order valence-electron chi connectivity index (χ0n) is 26.7. The van der Waals surface area contributed by atoms with Crippen molar-refractivity contribution >= 4 is 23.7 Å². The molecule has 0 heterocycles. The Hall–Kier alpha value is -2.20. The van der Waals surface area contributed by atoms with E-state index in [1.807, 2.05) is 0 Å². The first kappa shape index (κ1) is 39.8. The Morgan fingerprint density at radius 2 is 0.976 bits per heavy atom. The van der Waals surface area contributed by atoms with Crippen molar-refractivity contribution in [1.82, 2.24) is 16.0 Å². The van der Waals surface area contributed by atoms with Crippen LogP contribution in [0.15, 0.2) is 0 Å². The molecule has 0 aliphatic carbocycles. The van der Waals surface area contributed by atoms with Gasteiger partial charge in [-0.3, -0.25) is 14.4 Å². The highest BCUT2D eigenvalue weighted by Crippen LogP contribution is 2.13. The first-order valence-electron chi connectivity index (χ1n) is 16.8. The fraction of sp³-hybridized carbons (Fsp3) is 0.875. The lowest BCUT2D eigenvalue weighted by Gasteiger charge is -2.24. The van der Waals surface area contributed by atoms with E-state index in [9.17, 15) is 24.3 Å². The molecule has 0 aliphatic heterocycles. The van der Waals surface area contributed by atoms with Gasteiger partial charge in [-0.2, -0.15) is 0 Å². The van der Waals surface area contributed by atoms with E-state index in [4.69, 9.17) is 11.5 Å². The molecule has 0 aromatic carbocycles. The normalized spacial score (nSPS) is 13.2. The van der Waals surface area contributed by atoms with Crippen LogP contribution < -0.4 is 27.4 Å². The second kappa shape index (κ2) is 27.6.